The molecule has 0 aliphatic rings. The number of carbonyl (C=O) groups is 1. The number of unbranched alkanes of at least 4 members (excludes halogenated alkanes) is 2. The fourth-order valence-electron chi connectivity index (χ4n) is 1.56. The Labute approximate surface area is 105 Å². The number of aliphatic carboxylic acids is 1. The molecule has 0 spiro atoms. The summed E-state index contributed by atoms with van der Waals surface area (Å²) in [5.74, 6) is -1.22. The van der Waals surface area contributed by atoms with Crippen LogP contribution in [-0.2, 0) is 4.79 Å². The number of hydrogen-bond donors (Lipinski definition) is 2. The average Bonchev–Trinajstić information content (AvgIpc) is 2.34. The highest BCUT2D eigenvalue weighted by Crippen LogP contribution is 2.16. The molecule has 0 bridgehead atoms. The first-order chi connectivity index (χ1) is 8.63. The Morgan fingerprint density at radius 3 is 2.83 bits per heavy atom. The molecule has 0 aliphatic carbocycles. The molecule has 0 fully saturated rings. The van der Waals surface area contributed by atoms with Crippen LogP contribution in [-0.4, -0.2) is 17.6 Å². The number of benzene rings is 1. The Bertz CT molecular complexity index is 455. The van der Waals surface area contributed by atoms with Crippen LogP contribution in [0.3, 0.4) is 0 Å². The zero-order chi connectivity index (χ0) is 13.4. The zero-order valence-corrected chi connectivity index (χ0v) is 9.95. The first-order valence-electron chi connectivity index (χ1n) is 5.79. The maximum atomic E-state index is 12.9. The number of halogens is 1. The van der Waals surface area contributed by atoms with Crippen molar-refractivity contribution >= 4 is 11.7 Å². The van der Waals surface area contributed by atoms with Gasteiger partial charge in [-0.2, -0.15) is 5.26 Å². The lowest BCUT2D eigenvalue weighted by Gasteiger charge is -2.07. The van der Waals surface area contributed by atoms with Crippen molar-refractivity contribution in [2.24, 2.45) is 0 Å². The summed E-state index contributed by atoms with van der Waals surface area (Å²) >= 11 is 0. The van der Waals surface area contributed by atoms with Gasteiger partial charge in [-0.15, -0.1) is 0 Å². The third-order valence-corrected chi connectivity index (χ3v) is 2.48. The van der Waals surface area contributed by atoms with Crippen LogP contribution >= 0.6 is 0 Å². The van der Waals surface area contributed by atoms with E-state index in [1.165, 1.54) is 18.2 Å². The third-order valence-electron chi connectivity index (χ3n) is 2.48. The van der Waals surface area contributed by atoms with Gasteiger partial charge in [-0.05, 0) is 31.0 Å². The number of nitrogens with one attached hydrogen (secondary N) is 1. The van der Waals surface area contributed by atoms with Gasteiger partial charge < -0.3 is 10.4 Å². The van der Waals surface area contributed by atoms with Gasteiger partial charge in [0.1, 0.15) is 11.9 Å². The second kappa shape index (κ2) is 7.28. The molecule has 5 heteroatoms. The zero-order valence-electron chi connectivity index (χ0n) is 9.95. The minimum absolute atomic E-state index is 0.181. The minimum Gasteiger partial charge on any atom is -0.481 e. The highest BCUT2D eigenvalue weighted by molar-refractivity contribution is 5.66. The van der Waals surface area contributed by atoms with Crippen LogP contribution in [0.1, 0.15) is 31.2 Å². The number of hydrogen-bond acceptors (Lipinski definition) is 3. The summed E-state index contributed by atoms with van der Waals surface area (Å²) in [6, 6.07) is 5.94. The van der Waals surface area contributed by atoms with E-state index in [9.17, 15) is 9.18 Å². The Balaban J connectivity index is 2.31. The van der Waals surface area contributed by atoms with Gasteiger partial charge in [-0.1, -0.05) is 6.42 Å². The van der Waals surface area contributed by atoms with Crippen molar-refractivity contribution in [2.45, 2.75) is 25.7 Å². The van der Waals surface area contributed by atoms with E-state index in [1.807, 2.05) is 6.07 Å². The molecule has 18 heavy (non-hydrogen) atoms. The van der Waals surface area contributed by atoms with Crippen molar-refractivity contribution in [1.29, 1.82) is 5.26 Å². The van der Waals surface area contributed by atoms with Crippen molar-refractivity contribution in [3.8, 4) is 6.07 Å². The van der Waals surface area contributed by atoms with Gasteiger partial charge in [0, 0.05) is 13.0 Å². The summed E-state index contributed by atoms with van der Waals surface area (Å²) in [5.41, 5.74) is 0.887. The third kappa shape index (κ3) is 4.83. The van der Waals surface area contributed by atoms with Crippen LogP contribution in [0.2, 0.25) is 0 Å². The summed E-state index contributed by atoms with van der Waals surface area (Å²) in [6.07, 6.45) is 2.45. The topological polar surface area (TPSA) is 73.1 Å². The standard InChI is InChI=1S/C13H15FN2O2/c14-11-5-6-12(10(8-11)9-15)16-7-3-1-2-4-13(17)18/h5-6,8,16H,1-4,7H2,(H,17,18). The Morgan fingerprint density at radius 2 is 2.17 bits per heavy atom. The largest absolute Gasteiger partial charge is 0.481 e. The van der Waals surface area contributed by atoms with Crippen LogP contribution in [0.15, 0.2) is 18.2 Å². The first-order valence-corrected chi connectivity index (χ1v) is 5.79. The summed E-state index contributed by atoms with van der Waals surface area (Å²) in [6.45, 7) is 0.639. The van der Waals surface area contributed by atoms with Crippen molar-refractivity contribution in [1.82, 2.24) is 0 Å². The highest BCUT2D eigenvalue weighted by Gasteiger charge is 2.03. The van der Waals surface area contributed by atoms with E-state index in [0.717, 1.165) is 12.8 Å². The SMILES string of the molecule is N#Cc1cc(F)ccc1NCCCCCC(=O)O. The van der Waals surface area contributed by atoms with Crippen molar-refractivity contribution in [3.05, 3.63) is 29.6 Å². The normalized spacial score (nSPS) is 9.78. The summed E-state index contributed by atoms with van der Waals surface area (Å²) in [5, 5.41) is 20.3. The molecule has 4 nitrogen and oxygen atoms in total. The number of carboxylic acids is 1. The van der Waals surface area contributed by atoms with E-state index in [2.05, 4.69) is 5.32 Å². The summed E-state index contributed by atoms with van der Waals surface area (Å²) < 4.78 is 12.9. The molecule has 1 rings (SSSR count). The molecule has 1 aromatic rings. The van der Waals surface area contributed by atoms with Crippen LogP contribution in [0.25, 0.3) is 0 Å². The second-order valence-corrected chi connectivity index (χ2v) is 3.93. The molecule has 0 saturated heterocycles. The van der Waals surface area contributed by atoms with Crippen LogP contribution in [0.5, 0.6) is 0 Å². The number of nitriles is 1. The molecule has 0 atom stereocenters. The first kappa shape index (κ1) is 14.0. The van der Waals surface area contributed by atoms with E-state index in [4.69, 9.17) is 10.4 Å². The molecule has 0 aliphatic heterocycles. The smallest absolute Gasteiger partial charge is 0.303 e. The molecule has 0 radical (unpaired) electrons. The van der Waals surface area contributed by atoms with Gasteiger partial charge in [0.05, 0.1) is 11.3 Å². The second-order valence-electron chi connectivity index (χ2n) is 3.93. The highest BCUT2D eigenvalue weighted by atomic mass is 19.1. The Kier molecular flexibility index (Phi) is 5.65. The van der Waals surface area contributed by atoms with Crippen molar-refractivity contribution < 1.29 is 14.3 Å². The van der Waals surface area contributed by atoms with E-state index in [1.54, 1.807) is 0 Å². The molecular weight excluding hydrogens is 235 g/mol. The van der Waals surface area contributed by atoms with Crippen LogP contribution < -0.4 is 5.32 Å². The van der Waals surface area contributed by atoms with Crippen LogP contribution in [0.4, 0.5) is 10.1 Å². The lowest BCUT2D eigenvalue weighted by Crippen LogP contribution is -2.04. The number of carboxylic acid groups (broad SMARTS) is 1. The quantitative estimate of drug-likeness (QED) is 0.730. The number of rotatable bonds is 7. The summed E-state index contributed by atoms with van der Waals surface area (Å²) in [7, 11) is 0. The molecule has 0 amide bonds. The lowest BCUT2D eigenvalue weighted by molar-refractivity contribution is -0.137. The van der Waals surface area contributed by atoms with E-state index in [0.29, 0.717) is 18.7 Å². The van der Waals surface area contributed by atoms with E-state index >= 15 is 0 Å². The minimum atomic E-state index is -0.784. The number of anilines is 1. The molecule has 0 unspecified atom stereocenters. The van der Waals surface area contributed by atoms with E-state index < -0.39 is 11.8 Å². The molecule has 1 aromatic carbocycles. The molecular formula is C13H15FN2O2. The van der Waals surface area contributed by atoms with Crippen LogP contribution in [0, 0.1) is 17.1 Å². The number of nitrogens with zero attached hydrogens (tertiary/aromatic N) is 1. The predicted molar refractivity (Wildman–Crippen MR) is 65.7 cm³/mol. The Hall–Kier alpha value is -2.09. The predicted octanol–water partition coefficient (Wildman–Crippen LogP) is 2.75. The molecule has 0 aromatic heterocycles. The molecule has 96 valence electrons. The van der Waals surface area contributed by atoms with E-state index in [-0.39, 0.29) is 12.0 Å². The monoisotopic (exact) mass is 250 g/mol. The Morgan fingerprint density at radius 1 is 1.39 bits per heavy atom. The van der Waals surface area contributed by atoms with Gasteiger partial charge in [0.15, 0.2) is 0 Å². The van der Waals surface area contributed by atoms with Crippen molar-refractivity contribution in [2.75, 3.05) is 11.9 Å². The van der Waals surface area contributed by atoms with Gasteiger partial charge in [-0.3, -0.25) is 4.79 Å². The molecule has 0 heterocycles. The summed E-state index contributed by atoms with van der Waals surface area (Å²) in [4.78, 5) is 10.3. The average molecular weight is 250 g/mol. The molecule has 0 saturated carbocycles. The van der Waals surface area contributed by atoms with Crippen molar-refractivity contribution in [3.63, 3.8) is 0 Å². The molecule has 2 N–H and O–H groups in total. The maximum absolute atomic E-state index is 12.9. The van der Waals surface area contributed by atoms with Gasteiger partial charge in [0.25, 0.3) is 0 Å². The van der Waals surface area contributed by atoms with Gasteiger partial charge >= 0.3 is 5.97 Å². The fraction of sp³-hybridized carbons (Fsp3) is 0.385. The van der Waals surface area contributed by atoms with Gasteiger partial charge in [-0.25, -0.2) is 4.39 Å². The fourth-order valence-corrected chi connectivity index (χ4v) is 1.56. The maximum Gasteiger partial charge on any atom is 0.303 e. The lowest BCUT2D eigenvalue weighted by atomic mass is 10.1. The van der Waals surface area contributed by atoms with Gasteiger partial charge in [0.2, 0.25) is 0 Å².